The molecular weight excluding hydrogens is 370 g/mol. The van der Waals surface area contributed by atoms with Crippen molar-refractivity contribution < 1.29 is 13.2 Å². The van der Waals surface area contributed by atoms with Crippen LogP contribution in [0, 0.1) is 6.92 Å². The monoisotopic (exact) mass is 385 g/mol. The molecule has 6 heteroatoms. The third-order valence-corrected chi connectivity index (χ3v) is 5.40. The van der Waals surface area contributed by atoms with Crippen molar-refractivity contribution in [3.8, 4) is 0 Å². The first-order chi connectivity index (χ1) is 12.4. The maximum atomic E-state index is 12.8. The quantitative estimate of drug-likeness (QED) is 0.648. The summed E-state index contributed by atoms with van der Waals surface area (Å²) in [4.78, 5) is 12.9. The lowest BCUT2D eigenvalue weighted by molar-refractivity contribution is 0.103. The molecule has 0 aliphatic rings. The van der Waals surface area contributed by atoms with Gasteiger partial charge >= 0.3 is 0 Å². The van der Waals surface area contributed by atoms with Gasteiger partial charge in [-0.05, 0) is 37.3 Å². The van der Waals surface area contributed by atoms with Crippen molar-refractivity contribution in [1.29, 1.82) is 0 Å². The number of sulfonamides is 1. The van der Waals surface area contributed by atoms with Crippen LogP contribution in [-0.2, 0) is 10.0 Å². The van der Waals surface area contributed by atoms with Crippen molar-refractivity contribution in [2.75, 3.05) is 4.72 Å². The molecule has 0 amide bonds. The minimum Gasteiger partial charge on any atom is -0.289 e. The predicted octanol–water partition coefficient (Wildman–Crippen LogP) is 4.68. The molecule has 3 aromatic rings. The van der Waals surface area contributed by atoms with E-state index in [9.17, 15) is 13.2 Å². The molecule has 0 atom stereocenters. The number of rotatable bonds is 5. The molecule has 0 radical (unpaired) electrons. The van der Waals surface area contributed by atoms with E-state index in [4.69, 9.17) is 11.6 Å². The van der Waals surface area contributed by atoms with E-state index in [2.05, 4.69) is 4.72 Å². The molecule has 0 saturated carbocycles. The van der Waals surface area contributed by atoms with E-state index < -0.39 is 10.0 Å². The zero-order chi connectivity index (χ0) is 18.7. The Balaban J connectivity index is 2.02. The smallest absolute Gasteiger partial charge is 0.261 e. The minimum atomic E-state index is -3.87. The Morgan fingerprint density at radius 3 is 2.35 bits per heavy atom. The summed E-state index contributed by atoms with van der Waals surface area (Å²) in [7, 11) is -3.87. The van der Waals surface area contributed by atoms with Gasteiger partial charge in [-0.2, -0.15) is 0 Å². The number of hydrogen-bond donors (Lipinski definition) is 1. The summed E-state index contributed by atoms with van der Waals surface area (Å²) in [5.41, 5.74) is 1.86. The average molecular weight is 386 g/mol. The number of ketones is 1. The molecule has 4 nitrogen and oxygen atoms in total. The van der Waals surface area contributed by atoms with Crippen molar-refractivity contribution in [2.45, 2.75) is 11.8 Å². The normalized spacial score (nSPS) is 11.2. The van der Waals surface area contributed by atoms with Crippen molar-refractivity contribution in [3.63, 3.8) is 0 Å². The molecule has 0 aromatic heterocycles. The summed E-state index contributed by atoms with van der Waals surface area (Å²) in [5.74, 6) is -0.252. The molecular formula is C20H16ClNO3S. The van der Waals surface area contributed by atoms with Crippen LogP contribution in [0.2, 0.25) is 5.02 Å². The summed E-state index contributed by atoms with van der Waals surface area (Å²) < 4.78 is 27.8. The molecule has 26 heavy (non-hydrogen) atoms. The lowest BCUT2D eigenvalue weighted by Gasteiger charge is -2.13. The topological polar surface area (TPSA) is 63.2 Å². The van der Waals surface area contributed by atoms with Gasteiger partial charge < -0.3 is 0 Å². The summed E-state index contributed by atoms with van der Waals surface area (Å²) in [5, 5.41) is 0.317. The fourth-order valence-electron chi connectivity index (χ4n) is 2.52. The fraction of sp³-hybridized carbons (Fsp3) is 0.0500. The van der Waals surface area contributed by atoms with E-state index in [1.807, 2.05) is 13.0 Å². The van der Waals surface area contributed by atoms with Gasteiger partial charge in [0, 0.05) is 16.1 Å². The second-order valence-electron chi connectivity index (χ2n) is 5.81. The van der Waals surface area contributed by atoms with E-state index in [0.29, 0.717) is 16.1 Å². The highest BCUT2D eigenvalue weighted by molar-refractivity contribution is 7.92. The first kappa shape index (κ1) is 18.2. The molecule has 0 aliphatic heterocycles. The van der Waals surface area contributed by atoms with Crippen molar-refractivity contribution in [2.24, 2.45) is 0 Å². The van der Waals surface area contributed by atoms with Gasteiger partial charge in [-0.3, -0.25) is 9.52 Å². The molecule has 0 spiro atoms. The highest BCUT2D eigenvalue weighted by Gasteiger charge is 2.20. The van der Waals surface area contributed by atoms with Crippen LogP contribution in [0.1, 0.15) is 21.5 Å². The first-order valence-electron chi connectivity index (χ1n) is 7.85. The van der Waals surface area contributed by atoms with Crippen LogP contribution in [-0.4, -0.2) is 14.2 Å². The fourth-order valence-corrected chi connectivity index (χ4v) is 3.90. The Kier molecular flexibility index (Phi) is 5.11. The molecule has 0 saturated heterocycles. The van der Waals surface area contributed by atoms with E-state index >= 15 is 0 Å². The molecule has 1 N–H and O–H groups in total. The molecule has 3 rings (SSSR count). The largest absolute Gasteiger partial charge is 0.289 e. The lowest BCUT2D eigenvalue weighted by atomic mass is 10.00. The summed E-state index contributed by atoms with van der Waals surface area (Å²) in [6.07, 6.45) is 0. The minimum absolute atomic E-state index is 0.0312. The van der Waals surface area contributed by atoms with Gasteiger partial charge in [0.2, 0.25) is 0 Å². The molecule has 0 heterocycles. The Morgan fingerprint density at radius 2 is 1.65 bits per heavy atom. The third kappa shape index (κ3) is 3.95. The molecule has 0 aliphatic carbocycles. The van der Waals surface area contributed by atoms with Gasteiger partial charge in [-0.25, -0.2) is 8.42 Å². The number of nitrogens with one attached hydrogen (secondary N) is 1. The highest BCUT2D eigenvalue weighted by atomic mass is 35.5. The van der Waals surface area contributed by atoms with E-state index in [-0.39, 0.29) is 16.4 Å². The van der Waals surface area contributed by atoms with Crippen molar-refractivity contribution in [1.82, 2.24) is 0 Å². The number of benzene rings is 3. The van der Waals surface area contributed by atoms with E-state index in [1.54, 1.807) is 54.6 Å². The Morgan fingerprint density at radius 1 is 0.923 bits per heavy atom. The van der Waals surface area contributed by atoms with Gasteiger partial charge in [0.05, 0.1) is 10.6 Å². The van der Waals surface area contributed by atoms with Crippen molar-refractivity contribution in [3.05, 3.63) is 94.5 Å². The Labute approximate surface area is 157 Å². The molecule has 132 valence electrons. The van der Waals surface area contributed by atoms with Crippen LogP contribution in [0.5, 0.6) is 0 Å². The number of anilines is 1. The van der Waals surface area contributed by atoms with Crippen LogP contribution in [0.4, 0.5) is 5.69 Å². The molecule has 0 bridgehead atoms. The number of carbonyl (C=O) groups is 1. The van der Waals surface area contributed by atoms with Gasteiger partial charge in [0.15, 0.2) is 5.78 Å². The van der Waals surface area contributed by atoms with Crippen LogP contribution in [0.25, 0.3) is 0 Å². The lowest BCUT2D eigenvalue weighted by Crippen LogP contribution is -2.16. The van der Waals surface area contributed by atoms with Gasteiger partial charge in [0.25, 0.3) is 10.0 Å². The van der Waals surface area contributed by atoms with E-state index in [1.165, 1.54) is 12.1 Å². The van der Waals surface area contributed by atoms with Crippen LogP contribution >= 0.6 is 11.6 Å². The highest BCUT2D eigenvalue weighted by Crippen LogP contribution is 2.25. The van der Waals surface area contributed by atoms with Gasteiger partial charge in [0.1, 0.15) is 0 Å². The summed E-state index contributed by atoms with van der Waals surface area (Å²) in [6.45, 7) is 1.84. The number of aryl methyl sites for hydroxylation is 1. The average Bonchev–Trinajstić information content (AvgIpc) is 2.63. The first-order valence-corrected chi connectivity index (χ1v) is 9.72. The molecule has 0 unspecified atom stereocenters. The Bertz CT molecular complexity index is 1060. The van der Waals surface area contributed by atoms with Gasteiger partial charge in [-0.15, -0.1) is 0 Å². The second kappa shape index (κ2) is 7.32. The Hall–Kier alpha value is -2.63. The summed E-state index contributed by atoms with van der Waals surface area (Å²) >= 11 is 5.89. The van der Waals surface area contributed by atoms with Crippen LogP contribution in [0.15, 0.2) is 77.7 Å². The van der Waals surface area contributed by atoms with Gasteiger partial charge in [-0.1, -0.05) is 59.6 Å². The second-order valence-corrected chi connectivity index (χ2v) is 7.93. The zero-order valence-corrected chi connectivity index (χ0v) is 15.5. The molecule has 0 fully saturated rings. The summed E-state index contributed by atoms with van der Waals surface area (Å²) in [6, 6.07) is 19.7. The standard InChI is InChI=1S/C20H16ClNO3S/c1-14-10-11-19(18(12-14)20(23)15-6-3-2-4-7-15)22-26(24,25)17-9-5-8-16(21)13-17/h2-13,22H,1H3. The maximum Gasteiger partial charge on any atom is 0.261 e. The number of halogens is 1. The van der Waals surface area contributed by atoms with Crippen LogP contribution < -0.4 is 4.72 Å². The number of hydrogen-bond acceptors (Lipinski definition) is 3. The maximum absolute atomic E-state index is 12.8. The molecule has 3 aromatic carbocycles. The van der Waals surface area contributed by atoms with Crippen molar-refractivity contribution >= 4 is 33.1 Å². The predicted molar refractivity (Wildman–Crippen MR) is 103 cm³/mol. The van der Waals surface area contributed by atoms with E-state index in [0.717, 1.165) is 5.56 Å². The SMILES string of the molecule is Cc1ccc(NS(=O)(=O)c2cccc(Cl)c2)c(C(=O)c2ccccc2)c1. The third-order valence-electron chi connectivity index (χ3n) is 3.81. The zero-order valence-electron chi connectivity index (χ0n) is 13.9. The van der Waals surface area contributed by atoms with Crippen LogP contribution in [0.3, 0.4) is 0 Å². The number of carbonyl (C=O) groups excluding carboxylic acids is 1.